The van der Waals surface area contributed by atoms with Crippen LogP contribution in [0.15, 0.2) is 42.5 Å². The summed E-state index contributed by atoms with van der Waals surface area (Å²) in [6.45, 7) is 3.77. The largest absolute Gasteiger partial charge is 0.378 e. The first-order valence-corrected chi connectivity index (χ1v) is 8.79. The highest BCUT2D eigenvalue weighted by Gasteiger charge is 2.11. The Morgan fingerprint density at radius 1 is 1.19 bits per heavy atom. The number of anilines is 2. The third kappa shape index (κ3) is 5.48. The third-order valence-electron chi connectivity index (χ3n) is 4.05. The molecule has 26 heavy (non-hydrogen) atoms. The maximum Gasteiger partial charge on any atom is 0.238 e. The predicted octanol–water partition coefficient (Wildman–Crippen LogP) is 3.74. The summed E-state index contributed by atoms with van der Waals surface area (Å²) >= 11 is 6.00. The molecule has 0 saturated heterocycles. The van der Waals surface area contributed by atoms with E-state index in [4.69, 9.17) is 16.9 Å². The second-order valence-electron chi connectivity index (χ2n) is 6.22. The molecule has 0 aliphatic heterocycles. The Balaban J connectivity index is 1.95. The summed E-state index contributed by atoms with van der Waals surface area (Å²) in [7, 11) is 4.01. The number of likely N-dealkylation sites (N-methyl/N-ethyl adjacent to an activating group) is 1. The average molecular weight is 371 g/mol. The summed E-state index contributed by atoms with van der Waals surface area (Å²) in [5.41, 5.74) is 3.28. The van der Waals surface area contributed by atoms with Gasteiger partial charge in [-0.05, 0) is 42.4 Å². The number of amides is 1. The molecule has 2 aromatic carbocycles. The number of carbonyl (C=O) groups is 1. The van der Waals surface area contributed by atoms with Crippen molar-refractivity contribution in [1.82, 2.24) is 4.90 Å². The first kappa shape index (κ1) is 19.8. The number of hydrogen-bond acceptors (Lipinski definition) is 4. The quantitative estimate of drug-likeness (QED) is 0.806. The molecule has 0 aliphatic carbocycles. The van der Waals surface area contributed by atoms with E-state index >= 15 is 0 Å². The van der Waals surface area contributed by atoms with Crippen LogP contribution >= 0.6 is 11.6 Å². The van der Waals surface area contributed by atoms with Crippen molar-refractivity contribution >= 4 is 28.9 Å². The monoisotopic (exact) mass is 370 g/mol. The minimum absolute atomic E-state index is 0.113. The topological polar surface area (TPSA) is 59.4 Å². The predicted molar refractivity (Wildman–Crippen MR) is 107 cm³/mol. The van der Waals surface area contributed by atoms with E-state index in [9.17, 15) is 4.79 Å². The summed E-state index contributed by atoms with van der Waals surface area (Å²) < 4.78 is 0. The Hall–Kier alpha value is -2.55. The van der Waals surface area contributed by atoms with Gasteiger partial charge in [0.1, 0.15) is 6.07 Å². The van der Waals surface area contributed by atoms with Crippen molar-refractivity contribution in [1.29, 1.82) is 5.26 Å². The molecule has 0 heterocycles. The van der Waals surface area contributed by atoms with Crippen LogP contribution in [0, 0.1) is 11.3 Å². The molecule has 0 bridgehead atoms. The van der Waals surface area contributed by atoms with E-state index in [2.05, 4.69) is 39.4 Å². The number of carbonyl (C=O) groups excluding carboxylic acids is 1. The van der Waals surface area contributed by atoms with Crippen LogP contribution in [0.4, 0.5) is 11.4 Å². The van der Waals surface area contributed by atoms with Gasteiger partial charge in [-0.25, -0.2) is 0 Å². The summed E-state index contributed by atoms with van der Waals surface area (Å²) in [4.78, 5) is 16.4. The second-order valence-corrected chi connectivity index (χ2v) is 6.63. The van der Waals surface area contributed by atoms with Crippen LogP contribution in [0.25, 0.3) is 0 Å². The summed E-state index contributed by atoms with van der Waals surface area (Å²) in [5.74, 6) is -0.113. The number of nitrogens with zero attached hydrogens (tertiary/aromatic N) is 3. The van der Waals surface area contributed by atoms with Crippen molar-refractivity contribution in [2.45, 2.75) is 13.5 Å². The van der Waals surface area contributed by atoms with Crippen LogP contribution in [-0.2, 0) is 11.3 Å². The molecule has 5 nitrogen and oxygen atoms in total. The average Bonchev–Trinajstić information content (AvgIpc) is 2.61. The molecule has 0 unspecified atom stereocenters. The van der Waals surface area contributed by atoms with Crippen molar-refractivity contribution in [3.8, 4) is 6.07 Å². The maximum absolute atomic E-state index is 12.3. The number of hydrogen-bond donors (Lipinski definition) is 1. The number of rotatable bonds is 7. The van der Waals surface area contributed by atoms with Crippen LogP contribution in [0.3, 0.4) is 0 Å². The molecular weight excluding hydrogens is 348 g/mol. The number of nitriles is 1. The summed E-state index contributed by atoms with van der Waals surface area (Å²) in [5, 5.41) is 12.1. The highest BCUT2D eigenvalue weighted by atomic mass is 35.5. The van der Waals surface area contributed by atoms with E-state index in [1.165, 1.54) is 0 Å². The Bertz CT molecular complexity index is 796. The second kappa shape index (κ2) is 9.23. The summed E-state index contributed by atoms with van der Waals surface area (Å²) in [6, 6.07) is 15.2. The maximum atomic E-state index is 12.3. The van der Waals surface area contributed by atoms with Crippen LogP contribution in [0.2, 0.25) is 5.02 Å². The Kier molecular flexibility index (Phi) is 7.02. The molecule has 1 amide bonds. The van der Waals surface area contributed by atoms with E-state index in [1.54, 1.807) is 18.2 Å². The molecule has 0 spiro atoms. The lowest BCUT2D eigenvalue weighted by Crippen LogP contribution is -2.32. The molecule has 136 valence electrons. The van der Waals surface area contributed by atoms with E-state index in [0.29, 0.717) is 22.8 Å². The van der Waals surface area contributed by atoms with Gasteiger partial charge < -0.3 is 10.2 Å². The number of halogens is 1. The van der Waals surface area contributed by atoms with E-state index in [-0.39, 0.29) is 12.5 Å². The summed E-state index contributed by atoms with van der Waals surface area (Å²) in [6.07, 6.45) is 0. The zero-order valence-electron chi connectivity index (χ0n) is 15.3. The van der Waals surface area contributed by atoms with E-state index < -0.39 is 0 Å². The van der Waals surface area contributed by atoms with Gasteiger partial charge in [0.25, 0.3) is 0 Å². The Morgan fingerprint density at radius 3 is 2.42 bits per heavy atom. The normalized spacial score (nSPS) is 10.5. The van der Waals surface area contributed by atoms with Crippen molar-refractivity contribution in [2.24, 2.45) is 0 Å². The lowest BCUT2D eigenvalue weighted by Gasteiger charge is -2.20. The van der Waals surface area contributed by atoms with Gasteiger partial charge in [0.2, 0.25) is 5.91 Å². The van der Waals surface area contributed by atoms with Crippen molar-refractivity contribution in [3.63, 3.8) is 0 Å². The molecule has 0 aromatic heterocycles. The highest BCUT2D eigenvalue weighted by molar-refractivity contribution is 6.32. The molecule has 2 rings (SSSR count). The van der Waals surface area contributed by atoms with Crippen LogP contribution in [0.5, 0.6) is 0 Å². The lowest BCUT2D eigenvalue weighted by atomic mass is 10.2. The third-order valence-corrected chi connectivity index (χ3v) is 4.36. The fraction of sp³-hybridized carbons (Fsp3) is 0.300. The molecule has 0 atom stereocenters. The molecule has 0 radical (unpaired) electrons. The Labute approximate surface area is 159 Å². The number of benzene rings is 2. The fourth-order valence-electron chi connectivity index (χ4n) is 2.52. The van der Waals surface area contributed by atoms with Crippen molar-refractivity contribution in [2.75, 3.05) is 37.4 Å². The minimum atomic E-state index is -0.113. The van der Waals surface area contributed by atoms with Gasteiger partial charge in [-0.1, -0.05) is 30.7 Å². The molecule has 0 fully saturated rings. The Morgan fingerprint density at radius 2 is 1.88 bits per heavy atom. The van der Waals surface area contributed by atoms with Crippen LogP contribution in [0.1, 0.15) is 18.1 Å². The highest BCUT2D eigenvalue weighted by Crippen LogP contribution is 2.20. The standard InChI is InChI=1S/C20H23ClN4O/c1-4-25(13-15-5-9-18(10-6-15)24(2)3)14-20(26)23-17-8-7-16(12-22)19(21)11-17/h5-11H,4,13-14H2,1-3H3,(H,23,26). The van der Waals surface area contributed by atoms with Gasteiger partial charge in [0.05, 0.1) is 17.1 Å². The smallest absolute Gasteiger partial charge is 0.238 e. The van der Waals surface area contributed by atoms with Crippen molar-refractivity contribution < 1.29 is 4.79 Å². The zero-order valence-corrected chi connectivity index (χ0v) is 16.0. The molecule has 0 saturated carbocycles. The number of nitrogens with one attached hydrogen (secondary N) is 1. The van der Waals surface area contributed by atoms with Crippen LogP contribution in [-0.4, -0.2) is 38.0 Å². The molecule has 2 aromatic rings. The van der Waals surface area contributed by atoms with Gasteiger partial charge in [-0.3, -0.25) is 9.69 Å². The van der Waals surface area contributed by atoms with Crippen molar-refractivity contribution in [3.05, 3.63) is 58.6 Å². The van der Waals surface area contributed by atoms with Gasteiger partial charge in [0, 0.05) is 32.0 Å². The first-order chi connectivity index (χ1) is 12.4. The molecule has 6 heteroatoms. The SMILES string of the molecule is CCN(CC(=O)Nc1ccc(C#N)c(Cl)c1)Cc1ccc(N(C)C)cc1. The molecule has 0 aliphatic rings. The van der Waals surface area contributed by atoms with E-state index in [1.807, 2.05) is 27.1 Å². The van der Waals surface area contributed by atoms with Gasteiger partial charge in [-0.2, -0.15) is 5.26 Å². The lowest BCUT2D eigenvalue weighted by molar-refractivity contribution is -0.117. The van der Waals surface area contributed by atoms with Gasteiger partial charge >= 0.3 is 0 Å². The molecule has 1 N–H and O–H groups in total. The van der Waals surface area contributed by atoms with Gasteiger partial charge in [-0.15, -0.1) is 0 Å². The first-order valence-electron chi connectivity index (χ1n) is 8.41. The van der Waals surface area contributed by atoms with Gasteiger partial charge in [0.15, 0.2) is 0 Å². The van der Waals surface area contributed by atoms with Crippen LogP contribution < -0.4 is 10.2 Å². The minimum Gasteiger partial charge on any atom is -0.378 e. The fourth-order valence-corrected chi connectivity index (χ4v) is 2.75. The molecular formula is C20H23ClN4O. The zero-order chi connectivity index (χ0) is 19.1. The van der Waals surface area contributed by atoms with E-state index in [0.717, 1.165) is 17.8 Å².